The third kappa shape index (κ3) is 2.85. The van der Waals surface area contributed by atoms with Gasteiger partial charge in [-0.3, -0.25) is 14.6 Å². The Balaban J connectivity index is 1.53. The molecule has 0 aliphatic carbocycles. The molecule has 5 rings (SSSR count). The lowest BCUT2D eigenvalue weighted by atomic mass is 10.00. The minimum absolute atomic E-state index is 0.0272. The van der Waals surface area contributed by atoms with Gasteiger partial charge in [0.15, 0.2) is 0 Å². The van der Waals surface area contributed by atoms with E-state index < -0.39 is 0 Å². The lowest BCUT2D eigenvalue weighted by molar-refractivity contribution is -0.115. The molecule has 1 aliphatic heterocycles. The minimum Gasteiger partial charge on any atom is -0.326 e. The number of nitrogens with zero attached hydrogens (tertiary/aromatic N) is 3. The molecule has 0 saturated carbocycles. The Morgan fingerprint density at radius 2 is 1.89 bits per heavy atom. The fraction of sp³-hybridized carbons (Fsp3) is 0.0909. The summed E-state index contributed by atoms with van der Waals surface area (Å²) in [7, 11) is 0. The zero-order valence-corrected chi connectivity index (χ0v) is 14.9. The van der Waals surface area contributed by atoms with Crippen LogP contribution in [0.4, 0.5) is 5.69 Å². The molecule has 0 radical (unpaired) electrons. The van der Waals surface area contributed by atoms with Crippen molar-refractivity contribution in [2.24, 2.45) is 0 Å². The van der Waals surface area contributed by atoms with Crippen molar-refractivity contribution in [2.75, 3.05) is 5.32 Å². The second-order valence-electron chi connectivity index (χ2n) is 6.84. The van der Waals surface area contributed by atoms with Gasteiger partial charge in [0.25, 0.3) is 5.56 Å². The van der Waals surface area contributed by atoms with Gasteiger partial charge in [-0.1, -0.05) is 24.3 Å². The second-order valence-corrected chi connectivity index (χ2v) is 6.84. The number of benzene rings is 2. The second kappa shape index (κ2) is 6.42. The molecule has 0 saturated heterocycles. The predicted octanol–water partition coefficient (Wildman–Crippen LogP) is 3.00. The molecule has 0 bridgehead atoms. The smallest absolute Gasteiger partial charge is 0.269 e. The molecule has 1 N–H and O–H groups in total. The first kappa shape index (κ1) is 16.4. The largest absolute Gasteiger partial charge is 0.326 e. The number of hydrogen-bond acceptors (Lipinski definition) is 4. The summed E-state index contributed by atoms with van der Waals surface area (Å²) >= 11 is 0. The van der Waals surface area contributed by atoms with Gasteiger partial charge < -0.3 is 9.88 Å². The average Bonchev–Trinajstić information content (AvgIpc) is 3.09. The van der Waals surface area contributed by atoms with E-state index in [-0.39, 0.29) is 11.5 Å². The van der Waals surface area contributed by atoms with E-state index in [1.54, 1.807) is 23.0 Å². The van der Waals surface area contributed by atoms with Crippen LogP contribution in [0.25, 0.3) is 22.2 Å². The van der Waals surface area contributed by atoms with Gasteiger partial charge in [0.05, 0.1) is 30.9 Å². The van der Waals surface area contributed by atoms with Crippen LogP contribution < -0.4 is 10.9 Å². The van der Waals surface area contributed by atoms with Crippen molar-refractivity contribution in [1.82, 2.24) is 14.5 Å². The summed E-state index contributed by atoms with van der Waals surface area (Å²) in [6.45, 7) is 0.445. The van der Waals surface area contributed by atoms with Gasteiger partial charge in [0.1, 0.15) is 5.52 Å². The summed E-state index contributed by atoms with van der Waals surface area (Å²) in [6.07, 6.45) is 5.06. The summed E-state index contributed by atoms with van der Waals surface area (Å²) in [5.41, 5.74) is 6.31. The highest BCUT2D eigenvalue weighted by molar-refractivity contribution is 5.99. The highest BCUT2D eigenvalue weighted by Crippen LogP contribution is 2.29. The van der Waals surface area contributed by atoms with Crippen LogP contribution in [0.1, 0.15) is 11.1 Å². The first-order chi connectivity index (χ1) is 13.7. The first-order valence-corrected chi connectivity index (χ1v) is 8.99. The molecular formula is C22H16N4O2. The van der Waals surface area contributed by atoms with Crippen molar-refractivity contribution in [3.05, 3.63) is 88.6 Å². The van der Waals surface area contributed by atoms with Gasteiger partial charge in [-0.25, -0.2) is 4.98 Å². The maximum atomic E-state index is 12.4. The number of aromatic nitrogens is 3. The summed E-state index contributed by atoms with van der Waals surface area (Å²) in [4.78, 5) is 32.2. The molecule has 2 aromatic carbocycles. The number of carbonyl (C=O) groups excluding carboxylic acids is 1. The van der Waals surface area contributed by atoms with Crippen LogP contribution in [0.2, 0.25) is 0 Å². The molecule has 1 aliphatic rings. The van der Waals surface area contributed by atoms with Crippen LogP contribution >= 0.6 is 0 Å². The number of carbonyl (C=O) groups is 1. The van der Waals surface area contributed by atoms with Crippen molar-refractivity contribution in [3.8, 4) is 11.1 Å². The molecule has 3 heterocycles. The van der Waals surface area contributed by atoms with Crippen LogP contribution in [-0.4, -0.2) is 20.4 Å². The van der Waals surface area contributed by atoms with Gasteiger partial charge in [0, 0.05) is 11.9 Å². The van der Waals surface area contributed by atoms with Gasteiger partial charge in [-0.2, -0.15) is 0 Å². The molecule has 2 aromatic heterocycles. The lowest BCUT2D eigenvalue weighted by Crippen LogP contribution is -2.21. The lowest BCUT2D eigenvalue weighted by Gasteiger charge is -2.11. The Kier molecular flexibility index (Phi) is 3.76. The fourth-order valence-electron chi connectivity index (χ4n) is 3.62. The van der Waals surface area contributed by atoms with E-state index in [1.165, 1.54) is 6.20 Å². The molecule has 1 amide bonds. The van der Waals surface area contributed by atoms with Crippen molar-refractivity contribution < 1.29 is 4.79 Å². The summed E-state index contributed by atoms with van der Waals surface area (Å²) in [6, 6.07) is 15.9. The fourth-order valence-corrected chi connectivity index (χ4v) is 3.62. The van der Waals surface area contributed by atoms with E-state index in [2.05, 4.69) is 21.4 Å². The van der Waals surface area contributed by atoms with E-state index in [1.807, 2.05) is 36.4 Å². The molecule has 0 unspecified atom stereocenters. The summed E-state index contributed by atoms with van der Waals surface area (Å²) in [5, 5.41) is 2.86. The third-order valence-corrected chi connectivity index (χ3v) is 4.98. The van der Waals surface area contributed by atoms with Gasteiger partial charge >= 0.3 is 0 Å². The number of amides is 1. The zero-order chi connectivity index (χ0) is 19.1. The number of hydrogen-bond donors (Lipinski definition) is 1. The Bertz CT molecular complexity index is 1290. The summed E-state index contributed by atoms with van der Waals surface area (Å²) < 4.78 is 1.70. The molecule has 6 heteroatoms. The number of rotatable bonds is 3. The molecule has 28 heavy (non-hydrogen) atoms. The van der Waals surface area contributed by atoms with Gasteiger partial charge in [0.2, 0.25) is 5.91 Å². The highest BCUT2D eigenvalue weighted by atomic mass is 16.1. The van der Waals surface area contributed by atoms with Crippen molar-refractivity contribution in [3.63, 3.8) is 0 Å². The van der Waals surface area contributed by atoms with Crippen LogP contribution in [-0.2, 0) is 17.8 Å². The van der Waals surface area contributed by atoms with E-state index in [4.69, 9.17) is 0 Å². The Morgan fingerprint density at radius 3 is 2.82 bits per heavy atom. The number of pyridine rings is 1. The molecule has 0 fully saturated rings. The third-order valence-electron chi connectivity index (χ3n) is 4.98. The van der Waals surface area contributed by atoms with Gasteiger partial charge in [-0.15, -0.1) is 0 Å². The molecular weight excluding hydrogens is 352 g/mol. The predicted molar refractivity (Wildman–Crippen MR) is 107 cm³/mol. The van der Waals surface area contributed by atoms with E-state index in [0.717, 1.165) is 33.5 Å². The van der Waals surface area contributed by atoms with Crippen LogP contribution in [0.3, 0.4) is 0 Å². The summed E-state index contributed by atoms with van der Waals surface area (Å²) in [5.74, 6) is 0.0272. The first-order valence-electron chi connectivity index (χ1n) is 8.99. The Labute approximate surface area is 160 Å². The molecule has 0 spiro atoms. The monoisotopic (exact) mass is 368 g/mol. The highest BCUT2D eigenvalue weighted by Gasteiger charge is 2.17. The van der Waals surface area contributed by atoms with E-state index >= 15 is 0 Å². The van der Waals surface area contributed by atoms with Crippen LogP contribution in [0, 0.1) is 0 Å². The quantitative estimate of drug-likeness (QED) is 0.603. The minimum atomic E-state index is -0.147. The molecule has 4 aromatic rings. The maximum Gasteiger partial charge on any atom is 0.269 e. The normalized spacial score (nSPS) is 12.8. The van der Waals surface area contributed by atoms with E-state index in [9.17, 15) is 9.59 Å². The Morgan fingerprint density at radius 1 is 1.00 bits per heavy atom. The van der Waals surface area contributed by atoms with Crippen LogP contribution in [0.15, 0.2) is 71.9 Å². The van der Waals surface area contributed by atoms with Crippen molar-refractivity contribution in [2.45, 2.75) is 13.0 Å². The number of fused-ring (bicyclic) bond motifs is 2. The molecule has 136 valence electrons. The van der Waals surface area contributed by atoms with Gasteiger partial charge in [-0.05, 0) is 46.5 Å². The van der Waals surface area contributed by atoms with Crippen LogP contribution in [0.5, 0.6) is 0 Å². The Hall–Kier alpha value is -3.80. The molecule has 6 nitrogen and oxygen atoms in total. The zero-order valence-electron chi connectivity index (χ0n) is 14.9. The van der Waals surface area contributed by atoms with E-state index in [0.29, 0.717) is 18.5 Å². The number of nitrogens with one attached hydrogen (secondary N) is 1. The maximum absolute atomic E-state index is 12.4. The number of anilines is 1. The molecule has 0 atom stereocenters. The van der Waals surface area contributed by atoms with Crippen molar-refractivity contribution >= 4 is 22.6 Å². The topological polar surface area (TPSA) is 76.9 Å². The average molecular weight is 368 g/mol. The SMILES string of the molecule is O=C1Cc2cc(-c3cccc(Cn4c(=O)cnc5cnccc54)c3)ccc2N1. The van der Waals surface area contributed by atoms with Crippen molar-refractivity contribution in [1.29, 1.82) is 0 Å². The standard InChI is InChI=1S/C22H16N4O2/c27-21-10-17-9-16(4-5-18(17)25-21)15-3-1-2-14(8-15)13-26-20-6-7-23-11-19(20)24-12-22(26)28/h1-9,11-12H,10,13H2,(H,25,27).